The van der Waals surface area contributed by atoms with Crippen molar-refractivity contribution in [1.82, 2.24) is 9.55 Å². The van der Waals surface area contributed by atoms with Gasteiger partial charge in [0.1, 0.15) is 0 Å². The van der Waals surface area contributed by atoms with E-state index in [0.717, 1.165) is 0 Å². The van der Waals surface area contributed by atoms with Gasteiger partial charge in [-0.2, -0.15) is 0 Å². The van der Waals surface area contributed by atoms with E-state index < -0.39 is 0 Å². The summed E-state index contributed by atoms with van der Waals surface area (Å²) in [6.45, 7) is 0.469. The number of rotatable bonds is 3. The number of nitro groups is 1. The van der Waals surface area contributed by atoms with E-state index in [1.54, 1.807) is 41.5 Å². The maximum absolute atomic E-state index is 10.7. The Bertz CT molecular complexity index is 465. The molecule has 0 unspecified atom stereocenters. The molecule has 0 spiro atoms. The van der Waals surface area contributed by atoms with Crippen molar-refractivity contribution in [2.24, 2.45) is 0 Å². The number of benzene rings is 1. The van der Waals surface area contributed by atoms with Crippen LogP contribution in [0.4, 0.5) is 5.69 Å². The molecule has 2 rings (SSSR count). The summed E-state index contributed by atoms with van der Waals surface area (Å²) in [6.07, 6.45) is 5.06. The first-order valence-corrected chi connectivity index (χ1v) is 4.45. The lowest BCUT2D eigenvalue weighted by atomic mass is 10.2. The second-order valence-electron chi connectivity index (χ2n) is 3.12. The molecular weight excluding hydrogens is 194 g/mol. The van der Waals surface area contributed by atoms with Crippen LogP contribution in [0, 0.1) is 10.1 Å². The third kappa shape index (κ3) is 2.01. The molecule has 0 fully saturated rings. The van der Waals surface area contributed by atoms with E-state index in [-0.39, 0.29) is 10.6 Å². The first-order valence-electron chi connectivity index (χ1n) is 4.45. The Balaban J connectivity index is 2.32. The van der Waals surface area contributed by atoms with E-state index in [1.165, 1.54) is 6.07 Å². The molecular formula is C10H9N3O2. The molecule has 15 heavy (non-hydrogen) atoms. The summed E-state index contributed by atoms with van der Waals surface area (Å²) in [6, 6.07) is 6.71. The monoisotopic (exact) mass is 203 g/mol. The zero-order chi connectivity index (χ0) is 10.7. The predicted molar refractivity (Wildman–Crippen MR) is 54.4 cm³/mol. The molecule has 0 aliphatic heterocycles. The van der Waals surface area contributed by atoms with Crippen molar-refractivity contribution < 1.29 is 4.92 Å². The minimum absolute atomic E-state index is 0.145. The Morgan fingerprint density at radius 2 is 2.20 bits per heavy atom. The van der Waals surface area contributed by atoms with Crippen LogP contribution in [-0.4, -0.2) is 14.5 Å². The van der Waals surface area contributed by atoms with Gasteiger partial charge in [-0.05, 0) is 0 Å². The fourth-order valence-corrected chi connectivity index (χ4v) is 1.40. The number of nitro benzene ring substituents is 1. The number of hydrogen-bond acceptors (Lipinski definition) is 3. The Labute approximate surface area is 86.1 Å². The maximum atomic E-state index is 10.7. The number of aromatic nitrogens is 2. The van der Waals surface area contributed by atoms with Crippen molar-refractivity contribution in [3.8, 4) is 0 Å². The molecule has 0 saturated carbocycles. The second kappa shape index (κ2) is 3.91. The van der Waals surface area contributed by atoms with E-state index in [0.29, 0.717) is 12.1 Å². The molecule has 2 aromatic rings. The van der Waals surface area contributed by atoms with Crippen LogP contribution >= 0.6 is 0 Å². The van der Waals surface area contributed by atoms with Gasteiger partial charge in [-0.1, -0.05) is 18.2 Å². The molecule has 0 bridgehead atoms. The van der Waals surface area contributed by atoms with Gasteiger partial charge in [-0.3, -0.25) is 10.1 Å². The van der Waals surface area contributed by atoms with Gasteiger partial charge in [0.05, 0.1) is 17.8 Å². The molecule has 1 heterocycles. The van der Waals surface area contributed by atoms with Gasteiger partial charge in [-0.15, -0.1) is 0 Å². The number of hydrogen-bond donors (Lipinski definition) is 0. The van der Waals surface area contributed by atoms with Gasteiger partial charge < -0.3 is 4.57 Å². The highest BCUT2D eigenvalue weighted by atomic mass is 16.6. The summed E-state index contributed by atoms with van der Waals surface area (Å²) >= 11 is 0. The molecule has 0 N–H and O–H groups in total. The Morgan fingerprint density at radius 1 is 1.40 bits per heavy atom. The van der Waals surface area contributed by atoms with Crippen LogP contribution in [0.25, 0.3) is 0 Å². The third-order valence-corrected chi connectivity index (χ3v) is 2.10. The Hall–Kier alpha value is -2.17. The van der Waals surface area contributed by atoms with E-state index >= 15 is 0 Å². The van der Waals surface area contributed by atoms with Gasteiger partial charge >= 0.3 is 0 Å². The summed E-state index contributed by atoms with van der Waals surface area (Å²) in [7, 11) is 0. The summed E-state index contributed by atoms with van der Waals surface area (Å²) in [5, 5.41) is 10.7. The molecule has 76 valence electrons. The van der Waals surface area contributed by atoms with E-state index in [9.17, 15) is 10.1 Å². The topological polar surface area (TPSA) is 61.0 Å². The summed E-state index contributed by atoms with van der Waals surface area (Å²) < 4.78 is 1.79. The molecule has 0 amide bonds. The SMILES string of the molecule is O=[N+]([O-])c1ccccc1Cn1ccnc1. The van der Waals surface area contributed by atoms with Crippen molar-refractivity contribution in [3.63, 3.8) is 0 Å². The predicted octanol–water partition coefficient (Wildman–Crippen LogP) is 1.84. The van der Waals surface area contributed by atoms with Crippen molar-refractivity contribution in [2.75, 3.05) is 0 Å². The lowest BCUT2D eigenvalue weighted by Gasteiger charge is -2.02. The quantitative estimate of drug-likeness (QED) is 0.564. The Kier molecular flexibility index (Phi) is 2.45. The van der Waals surface area contributed by atoms with Crippen LogP contribution < -0.4 is 0 Å². The zero-order valence-electron chi connectivity index (χ0n) is 7.91. The van der Waals surface area contributed by atoms with E-state index in [2.05, 4.69) is 4.98 Å². The zero-order valence-corrected chi connectivity index (χ0v) is 7.91. The van der Waals surface area contributed by atoms with Crippen molar-refractivity contribution in [3.05, 3.63) is 58.7 Å². The second-order valence-corrected chi connectivity index (χ2v) is 3.12. The normalized spacial score (nSPS) is 10.1. The number of imidazole rings is 1. The van der Waals surface area contributed by atoms with Gasteiger partial charge in [0.15, 0.2) is 0 Å². The molecule has 5 heteroatoms. The van der Waals surface area contributed by atoms with Crippen LogP contribution in [-0.2, 0) is 6.54 Å². The minimum Gasteiger partial charge on any atom is -0.333 e. The molecule has 0 aliphatic rings. The molecule has 0 atom stereocenters. The van der Waals surface area contributed by atoms with Crippen LogP contribution in [0.15, 0.2) is 43.0 Å². The minimum atomic E-state index is -0.369. The van der Waals surface area contributed by atoms with Crippen LogP contribution in [0.5, 0.6) is 0 Å². The lowest BCUT2D eigenvalue weighted by molar-refractivity contribution is -0.385. The number of para-hydroxylation sites is 1. The molecule has 0 saturated heterocycles. The van der Waals surface area contributed by atoms with Crippen molar-refractivity contribution in [1.29, 1.82) is 0 Å². The van der Waals surface area contributed by atoms with Crippen molar-refractivity contribution >= 4 is 5.69 Å². The third-order valence-electron chi connectivity index (χ3n) is 2.10. The van der Waals surface area contributed by atoms with Crippen LogP contribution in [0.1, 0.15) is 5.56 Å². The van der Waals surface area contributed by atoms with Gasteiger partial charge in [0.2, 0.25) is 0 Å². The standard InChI is InChI=1S/C10H9N3O2/c14-13(15)10-4-2-1-3-9(10)7-12-6-5-11-8-12/h1-6,8H,7H2. The van der Waals surface area contributed by atoms with Crippen LogP contribution in [0.2, 0.25) is 0 Å². The highest BCUT2D eigenvalue weighted by Gasteiger charge is 2.11. The van der Waals surface area contributed by atoms with Crippen LogP contribution in [0.3, 0.4) is 0 Å². The highest BCUT2D eigenvalue weighted by Crippen LogP contribution is 2.18. The average molecular weight is 203 g/mol. The molecule has 5 nitrogen and oxygen atoms in total. The average Bonchev–Trinajstić information content (AvgIpc) is 2.71. The number of nitrogens with zero attached hydrogens (tertiary/aromatic N) is 3. The fraction of sp³-hybridized carbons (Fsp3) is 0.100. The van der Waals surface area contributed by atoms with E-state index in [4.69, 9.17) is 0 Å². The molecule has 0 radical (unpaired) electrons. The molecule has 0 aliphatic carbocycles. The lowest BCUT2D eigenvalue weighted by Crippen LogP contribution is -2.00. The summed E-state index contributed by atoms with van der Waals surface area (Å²) in [5.41, 5.74) is 0.826. The maximum Gasteiger partial charge on any atom is 0.274 e. The fourth-order valence-electron chi connectivity index (χ4n) is 1.40. The van der Waals surface area contributed by atoms with Crippen molar-refractivity contribution in [2.45, 2.75) is 6.54 Å². The molecule has 1 aromatic carbocycles. The molecule has 1 aromatic heterocycles. The largest absolute Gasteiger partial charge is 0.333 e. The first-order chi connectivity index (χ1) is 7.27. The van der Waals surface area contributed by atoms with E-state index in [1.807, 2.05) is 0 Å². The first kappa shape index (κ1) is 9.39. The van der Waals surface area contributed by atoms with Gasteiger partial charge in [0.25, 0.3) is 5.69 Å². The summed E-state index contributed by atoms with van der Waals surface area (Å²) in [4.78, 5) is 14.2. The summed E-state index contributed by atoms with van der Waals surface area (Å²) in [5.74, 6) is 0. The highest BCUT2D eigenvalue weighted by molar-refractivity contribution is 5.39. The van der Waals surface area contributed by atoms with Gasteiger partial charge in [-0.25, -0.2) is 4.98 Å². The smallest absolute Gasteiger partial charge is 0.274 e. The van der Waals surface area contributed by atoms with Gasteiger partial charge in [0, 0.05) is 24.0 Å². The Morgan fingerprint density at radius 3 is 2.87 bits per heavy atom.